The Kier molecular flexibility index (Phi) is 6.37. The van der Waals surface area contributed by atoms with E-state index in [1.54, 1.807) is 0 Å². The molecule has 5 nitrogen and oxygen atoms in total. The Balaban J connectivity index is 1.32. The van der Waals surface area contributed by atoms with Crippen LogP contribution in [0.25, 0.3) is 0 Å². The minimum Gasteiger partial charge on any atom is -0.354 e. The van der Waals surface area contributed by atoms with Crippen molar-refractivity contribution >= 4 is 11.8 Å². The fourth-order valence-electron chi connectivity index (χ4n) is 3.73. The topological polar surface area (TPSA) is 44.3 Å². The van der Waals surface area contributed by atoms with Gasteiger partial charge < -0.3 is 10.2 Å². The van der Waals surface area contributed by atoms with Crippen molar-refractivity contribution < 1.29 is 0 Å². The van der Waals surface area contributed by atoms with E-state index in [4.69, 9.17) is 4.98 Å². The molecule has 5 heteroatoms. The number of piperazine rings is 1. The van der Waals surface area contributed by atoms with Crippen molar-refractivity contribution in [1.82, 2.24) is 14.9 Å². The number of aryl methyl sites for hydroxylation is 1. The molecule has 0 aliphatic carbocycles. The minimum atomic E-state index is 0.725. The van der Waals surface area contributed by atoms with Gasteiger partial charge in [0.25, 0.3) is 0 Å². The van der Waals surface area contributed by atoms with Crippen LogP contribution in [-0.4, -0.2) is 47.6 Å². The average Bonchev–Trinajstić information content (AvgIpc) is 2.75. The molecular formula is C24H29N5. The largest absolute Gasteiger partial charge is 0.354 e. The van der Waals surface area contributed by atoms with Crippen molar-refractivity contribution in [3.8, 4) is 0 Å². The Hall–Kier alpha value is -2.92. The number of hydrogen-bond donors (Lipinski definition) is 1. The molecule has 1 N–H and O–H groups in total. The zero-order chi connectivity index (χ0) is 19.9. The van der Waals surface area contributed by atoms with Gasteiger partial charge in [0.1, 0.15) is 5.82 Å². The molecule has 2 heterocycles. The van der Waals surface area contributed by atoms with Crippen molar-refractivity contribution in [3.05, 3.63) is 83.6 Å². The van der Waals surface area contributed by atoms with Gasteiger partial charge in [-0.15, -0.1) is 0 Å². The quantitative estimate of drug-likeness (QED) is 0.669. The van der Waals surface area contributed by atoms with Crippen LogP contribution >= 0.6 is 0 Å². The van der Waals surface area contributed by atoms with Crippen molar-refractivity contribution in [3.63, 3.8) is 0 Å². The summed E-state index contributed by atoms with van der Waals surface area (Å²) in [5, 5.41) is 3.40. The van der Waals surface area contributed by atoms with Crippen molar-refractivity contribution in [1.29, 1.82) is 0 Å². The van der Waals surface area contributed by atoms with E-state index in [0.717, 1.165) is 63.1 Å². The summed E-state index contributed by atoms with van der Waals surface area (Å²) in [7, 11) is 0. The molecule has 3 aromatic rings. The molecule has 150 valence electrons. The smallest absolute Gasteiger partial charge is 0.224 e. The number of rotatable bonds is 7. The van der Waals surface area contributed by atoms with E-state index in [-0.39, 0.29) is 0 Å². The fourth-order valence-corrected chi connectivity index (χ4v) is 3.73. The highest BCUT2D eigenvalue weighted by molar-refractivity contribution is 5.45. The lowest BCUT2D eigenvalue weighted by Gasteiger charge is -2.35. The van der Waals surface area contributed by atoms with Gasteiger partial charge in [-0.3, -0.25) is 4.90 Å². The summed E-state index contributed by atoms with van der Waals surface area (Å²) in [4.78, 5) is 14.2. The Bertz CT molecular complexity index is 890. The Morgan fingerprint density at radius 3 is 2.17 bits per heavy atom. The lowest BCUT2D eigenvalue weighted by Crippen LogP contribution is -2.46. The van der Waals surface area contributed by atoms with E-state index in [1.165, 1.54) is 11.1 Å². The summed E-state index contributed by atoms with van der Waals surface area (Å²) in [6.07, 6.45) is 0.964. The van der Waals surface area contributed by atoms with Gasteiger partial charge in [-0.05, 0) is 24.5 Å². The van der Waals surface area contributed by atoms with Crippen LogP contribution in [0.5, 0.6) is 0 Å². The maximum absolute atomic E-state index is 4.78. The van der Waals surface area contributed by atoms with Gasteiger partial charge in [0.05, 0.1) is 0 Å². The molecule has 1 aromatic heterocycles. The highest BCUT2D eigenvalue weighted by atomic mass is 15.3. The molecule has 1 saturated heterocycles. The number of hydrogen-bond acceptors (Lipinski definition) is 5. The fraction of sp³-hybridized carbons (Fsp3) is 0.333. The van der Waals surface area contributed by atoms with Gasteiger partial charge in [0.15, 0.2) is 0 Å². The van der Waals surface area contributed by atoms with E-state index in [1.807, 2.05) is 13.0 Å². The lowest BCUT2D eigenvalue weighted by molar-refractivity contribution is 0.249. The van der Waals surface area contributed by atoms with Crippen LogP contribution < -0.4 is 10.2 Å². The van der Waals surface area contributed by atoms with E-state index >= 15 is 0 Å². The van der Waals surface area contributed by atoms with Gasteiger partial charge >= 0.3 is 0 Å². The summed E-state index contributed by atoms with van der Waals surface area (Å²) in [6, 6.07) is 23.3. The molecule has 0 radical (unpaired) electrons. The van der Waals surface area contributed by atoms with Crippen LogP contribution in [-0.2, 0) is 13.0 Å². The summed E-state index contributed by atoms with van der Waals surface area (Å²) >= 11 is 0. The van der Waals surface area contributed by atoms with Crippen LogP contribution in [0.1, 0.15) is 16.8 Å². The second kappa shape index (κ2) is 9.52. The predicted octanol–water partition coefficient (Wildman–Crippen LogP) is 3.76. The number of anilines is 2. The van der Waals surface area contributed by atoms with Gasteiger partial charge in [-0.2, -0.15) is 4.98 Å². The Labute approximate surface area is 173 Å². The van der Waals surface area contributed by atoms with Crippen molar-refractivity contribution in [2.45, 2.75) is 19.9 Å². The number of aromatic nitrogens is 2. The Morgan fingerprint density at radius 1 is 0.828 bits per heavy atom. The maximum atomic E-state index is 4.78. The molecule has 2 aromatic carbocycles. The van der Waals surface area contributed by atoms with Crippen molar-refractivity contribution in [2.24, 2.45) is 0 Å². The molecule has 1 fully saturated rings. The second-order valence-corrected chi connectivity index (χ2v) is 7.60. The average molecular weight is 388 g/mol. The molecule has 0 unspecified atom stereocenters. The first-order valence-electron chi connectivity index (χ1n) is 10.4. The highest BCUT2D eigenvalue weighted by Gasteiger charge is 2.19. The molecule has 0 amide bonds. The standard InChI is InChI=1S/C24H29N5/c1-20-18-23(27-24(26-20)25-13-12-21-8-4-2-5-9-21)29-16-14-28(15-17-29)19-22-10-6-3-7-11-22/h2-11,18H,12-17,19H2,1H3,(H,25,26,27). The molecule has 1 aliphatic rings. The van der Waals surface area contributed by atoms with E-state index in [0.29, 0.717) is 0 Å². The Morgan fingerprint density at radius 2 is 1.48 bits per heavy atom. The molecule has 1 aliphatic heterocycles. The monoisotopic (exact) mass is 387 g/mol. The third-order valence-corrected chi connectivity index (χ3v) is 5.33. The van der Waals surface area contributed by atoms with Crippen LogP contribution in [0, 0.1) is 6.92 Å². The van der Waals surface area contributed by atoms with E-state index in [2.05, 4.69) is 80.8 Å². The van der Waals surface area contributed by atoms with Crippen molar-refractivity contribution in [2.75, 3.05) is 42.9 Å². The van der Waals surface area contributed by atoms with Gasteiger partial charge in [-0.25, -0.2) is 4.98 Å². The van der Waals surface area contributed by atoms with Crippen LogP contribution in [0.3, 0.4) is 0 Å². The summed E-state index contributed by atoms with van der Waals surface area (Å²) < 4.78 is 0. The van der Waals surface area contributed by atoms with Crippen LogP contribution in [0.15, 0.2) is 66.7 Å². The molecule has 29 heavy (non-hydrogen) atoms. The molecule has 0 spiro atoms. The summed E-state index contributed by atoms with van der Waals surface area (Å²) in [6.45, 7) is 7.98. The minimum absolute atomic E-state index is 0.725. The molecule has 0 bridgehead atoms. The van der Waals surface area contributed by atoms with Crippen LogP contribution in [0.4, 0.5) is 11.8 Å². The molecular weight excluding hydrogens is 358 g/mol. The first kappa shape index (κ1) is 19.4. The number of nitrogens with one attached hydrogen (secondary N) is 1. The van der Waals surface area contributed by atoms with Gasteiger partial charge in [-0.1, -0.05) is 60.7 Å². The second-order valence-electron chi connectivity index (χ2n) is 7.60. The normalized spacial score (nSPS) is 14.7. The molecule has 4 rings (SSSR count). The number of benzene rings is 2. The predicted molar refractivity (Wildman–Crippen MR) is 119 cm³/mol. The van der Waals surface area contributed by atoms with E-state index in [9.17, 15) is 0 Å². The summed E-state index contributed by atoms with van der Waals surface area (Å²) in [5.74, 6) is 1.75. The van der Waals surface area contributed by atoms with Gasteiger partial charge in [0, 0.05) is 51.0 Å². The highest BCUT2D eigenvalue weighted by Crippen LogP contribution is 2.18. The zero-order valence-corrected chi connectivity index (χ0v) is 17.1. The van der Waals surface area contributed by atoms with E-state index < -0.39 is 0 Å². The first-order valence-corrected chi connectivity index (χ1v) is 10.4. The first-order chi connectivity index (χ1) is 14.3. The lowest BCUT2D eigenvalue weighted by atomic mass is 10.1. The maximum Gasteiger partial charge on any atom is 0.224 e. The molecule has 0 saturated carbocycles. The third kappa shape index (κ3) is 5.55. The number of nitrogens with zero attached hydrogens (tertiary/aromatic N) is 4. The van der Waals surface area contributed by atoms with Crippen LogP contribution in [0.2, 0.25) is 0 Å². The van der Waals surface area contributed by atoms with Gasteiger partial charge in [0.2, 0.25) is 5.95 Å². The zero-order valence-electron chi connectivity index (χ0n) is 17.1. The third-order valence-electron chi connectivity index (χ3n) is 5.33. The summed E-state index contributed by atoms with van der Waals surface area (Å²) in [5.41, 5.74) is 3.70. The SMILES string of the molecule is Cc1cc(N2CCN(Cc3ccccc3)CC2)nc(NCCc2ccccc2)n1. The molecule has 0 atom stereocenters.